The van der Waals surface area contributed by atoms with E-state index in [0.717, 1.165) is 12.1 Å². The number of hydrogen-bond acceptors (Lipinski definition) is 2. The van der Waals surface area contributed by atoms with E-state index in [0.29, 0.717) is 17.6 Å². The van der Waals surface area contributed by atoms with Gasteiger partial charge in [-0.25, -0.2) is 13.8 Å². The van der Waals surface area contributed by atoms with Gasteiger partial charge in [-0.15, -0.1) is 0 Å². The Bertz CT molecular complexity index is 769. The van der Waals surface area contributed by atoms with Crippen molar-refractivity contribution in [2.45, 2.75) is 12.8 Å². The molecule has 1 N–H and O–H groups in total. The highest BCUT2D eigenvalue weighted by Crippen LogP contribution is 2.35. The van der Waals surface area contributed by atoms with Gasteiger partial charge in [0.15, 0.2) is 0 Å². The van der Waals surface area contributed by atoms with E-state index in [1.165, 1.54) is 12.3 Å². The summed E-state index contributed by atoms with van der Waals surface area (Å²) in [5.41, 5.74) is 0.982. The molecule has 0 saturated heterocycles. The first kappa shape index (κ1) is 14.7. The average Bonchev–Trinajstić information content (AvgIpc) is 2.48. The molecule has 0 atom stereocenters. The summed E-state index contributed by atoms with van der Waals surface area (Å²) in [5.74, 6) is -1.77. The number of nitrogens with one attached hydrogen (secondary N) is 1. The Balaban J connectivity index is 2.27. The first-order chi connectivity index (χ1) is 10.6. The zero-order valence-corrected chi connectivity index (χ0v) is 12.1. The minimum absolute atomic E-state index is 0.113. The lowest BCUT2D eigenvalue weighted by molar-refractivity contribution is -0.120. The van der Waals surface area contributed by atoms with E-state index in [1.807, 2.05) is 0 Å². The van der Waals surface area contributed by atoms with Gasteiger partial charge in [0, 0.05) is 18.2 Å². The standard InChI is InChI=1S/C16H11ClF2N2O/c17-16-10(3-2-8-20-16)9-6-7-13(22)21-15(9)14-11(18)4-1-5-12(14)19/h1-5,8H,6-7H2,(H,21,22). The smallest absolute Gasteiger partial charge is 0.224 e. The number of hydrogen-bond donors (Lipinski definition) is 1. The minimum atomic E-state index is -0.741. The second kappa shape index (κ2) is 5.85. The predicted octanol–water partition coefficient (Wildman–Crippen LogP) is 3.79. The third kappa shape index (κ3) is 2.60. The summed E-state index contributed by atoms with van der Waals surface area (Å²) in [6.07, 6.45) is 2.08. The topological polar surface area (TPSA) is 42.0 Å². The van der Waals surface area contributed by atoms with E-state index >= 15 is 0 Å². The zero-order valence-electron chi connectivity index (χ0n) is 11.4. The summed E-state index contributed by atoms with van der Waals surface area (Å²) in [5, 5.41) is 2.79. The van der Waals surface area contributed by atoms with E-state index in [-0.39, 0.29) is 28.7 Å². The molecule has 0 bridgehead atoms. The fourth-order valence-electron chi connectivity index (χ4n) is 2.47. The fraction of sp³-hybridized carbons (Fsp3) is 0.125. The average molecular weight is 321 g/mol. The van der Waals surface area contributed by atoms with Crippen LogP contribution in [-0.2, 0) is 4.79 Å². The van der Waals surface area contributed by atoms with Gasteiger partial charge in [-0.3, -0.25) is 4.79 Å². The number of halogens is 3. The quantitative estimate of drug-likeness (QED) is 0.855. The van der Waals surface area contributed by atoms with Crippen LogP contribution in [0, 0.1) is 11.6 Å². The summed E-state index contributed by atoms with van der Waals surface area (Å²) in [6, 6.07) is 6.96. The second-order valence-corrected chi connectivity index (χ2v) is 5.20. The molecule has 0 spiro atoms. The van der Waals surface area contributed by atoms with E-state index < -0.39 is 11.6 Å². The van der Waals surface area contributed by atoms with Crippen molar-refractivity contribution in [2.75, 3.05) is 0 Å². The van der Waals surface area contributed by atoms with Crippen LogP contribution in [0.25, 0.3) is 11.3 Å². The van der Waals surface area contributed by atoms with Gasteiger partial charge in [0.25, 0.3) is 0 Å². The summed E-state index contributed by atoms with van der Waals surface area (Å²) < 4.78 is 28.2. The number of nitrogens with zero attached hydrogens (tertiary/aromatic N) is 1. The third-order valence-corrected chi connectivity index (χ3v) is 3.77. The molecule has 6 heteroatoms. The molecular formula is C16H11ClF2N2O. The Morgan fingerprint density at radius 3 is 2.50 bits per heavy atom. The summed E-state index contributed by atoms with van der Waals surface area (Å²) in [4.78, 5) is 15.7. The molecule has 0 aliphatic carbocycles. The third-order valence-electron chi connectivity index (χ3n) is 3.47. The van der Waals surface area contributed by atoms with Crippen molar-refractivity contribution >= 4 is 28.8 Å². The SMILES string of the molecule is O=C1CCC(c2cccnc2Cl)=C(c2c(F)cccc2F)N1. The number of benzene rings is 1. The lowest BCUT2D eigenvalue weighted by Gasteiger charge is -2.22. The van der Waals surface area contributed by atoms with Gasteiger partial charge in [-0.2, -0.15) is 0 Å². The van der Waals surface area contributed by atoms with Gasteiger partial charge in [0.05, 0.1) is 11.3 Å². The first-order valence-electron chi connectivity index (χ1n) is 6.66. The normalized spacial score (nSPS) is 15.0. The highest BCUT2D eigenvalue weighted by molar-refractivity contribution is 6.31. The van der Waals surface area contributed by atoms with Crippen LogP contribution >= 0.6 is 11.6 Å². The molecule has 22 heavy (non-hydrogen) atoms. The Labute approximate surface area is 130 Å². The van der Waals surface area contributed by atoms with Crippen LogP contribution in [0.2, 0.25) is 5.15 Å². The lowest BCUT2D eigenvalue weighted by Crippen LogP contribution is -2.27. The summed E-state index contributed by atoms with van der Waals surface area (Å²) in [7, 11) is 0. The van der Waals surface area contributed by atoms with Gasteiger partial charge >= 0.3 is 0 Å². The van der Waals surface area contributed by atoms with Crippen LogP contribution in [0.4, 0.5) is 8.78 Å². The van der Waals surface area contributed by atoms with Crippen LogP contribution in [0.15, 0.2) is 36.5 Å². The Morgan fingerprint density at radius 2 is 1.82 bits per heavy atom. The molecule has 1 aromatic heterocycles. The molecule has 0 saturated carbocycles. The molecule has 0 unspecified atom stereocenters. The van der Waals surface area contributed by atoms with Gasteiger partial charge in [0.1, 0.15) is 16.8 Å². The van der Waals surface area contributed by atoms with E-state index in [4.69, 9.17) is 11.6 Å². The lowest BCUT2D eigenvalue weighted by atomic mass is 9.93. The monoisotopic (exact) mass is 320 g/mol. The van der Waals surface area contributed by atoms with Crippen molar-refractivity contribution in [1.82, 2.24) is 10.3 Å². The van der Waals surface area contributed by atoms with Crippen molar-refractivity contribution in [3.8, 4) is 0 Å². The van der Waals surface area contributed by atoms with Gasteiger partial charge in [0.2, 0.25) is 5.91 Å². The maximum absolute atomic E-state index is 14.1. The molecule has 1 aromatic carbocycles. The molecule has 3 rings (SSSR count). The predicted molar refractivity (Wildman–Crippen MR) is 79.8 cm³/mol. The number of aromatic nitrogens is 1. The van der Waals surface area contributed by atoms with E-state index in [1.54, 1.807) is 12.1 Å². The molecule has 112 valence electrons. The molecule has 2 heterocycles. The first-order valence-corrected chi connectivity index (χ1v) is 7.04. The minimum Gasteiger partial charge on any atom is -0.325 e. The van der Waals surface area contributed by atoms with Gasteiger partial charge in [-0.1, -0.05) is 23.7 Å². The van der Waals surface area contributed by atoms with E-state index in [9.17, 15) is 13.6 Å². The molecule has 0 fully saturated rings. The molecule has 1 aliphatic heterocycles. The molecular weight excluding hydrogens is 310 g/mol. The Kier molecular flexibility index (Phi) is 3.90. The van der Waals surface area contributed by atoms with Crippen molar-refractivity contribution in [2.24, 2.45) is 0 Å². The number of rotatable bonds is 2. The Morgan fingerprint density at radius 1 is 1.09 bits per heavy atom. The summed E-state index contributed by atoms with van der Waals surface area (Å²) >= 11 is 6.08. The van der Waals surface area contributed by atoms with Crippen molar-refractivity contribution in [3.63, 3.8) is 0 Å². The van der Waals surface area contributed by atoms with Crippen LogP contribution in [0.3, 0.4) is 0 Å². The largest absolute Gasteiger partial charge is 0.325 e. The van der Waals surface area contributed by atoms with Crippen LogP contribution in [-0.4, -0.2) is 10.9 Å². The second-order valence-electron chi connectivity index (χ2n) is 4.84. The molecule has 3 nitrogen and oxygen atoms in total. The highest BCUT2D eigenvalue weighted by atomic mass is 35.5. The van der Waals surface area contributed by atoms with Gasteiger partial charge in [-0.05, 0) is 30.2 Å². The molecule has 0 radical (unpaired) electrons. The molecule has 1 aliphatic rings. The number of amides is 1. The molecule has 2 aromatic rings. The number of allylic oxidation sites excluding steroid dienone is 1. The number of pyridine rings is 1. The Hall–Kier alpha value is -2.27. The summed E-state index contributed by atoms with van der Waals surface area (Å²) in [6.45, 7) is 0. The molecule has 1 amide bonds. The van der Waals surface area contributed by atoms with Crippen LogP contribution < -0.4 is 5.32 Å². The van der Waals surface area contributed by atoms with Gasteiger partial charge < -0.3 is 5.32 Å². The van der Waals surface area contributed by atoms with Crippen molar-refractivity contribution in [1.29, 1.82) is 0 Å². The zero-order chi connectivity index (χ0) is 15.7. The maximum atomic E-state index is 14.1. The maximum Gasteiger partial charge on any atom is 0.224 e. The highest BCUT2D eigenvalue weighted by Gasteiger charge is 2.25. The van der Waals surface area contributed by atoms with Crippen molar-refractivity contribution < 1.29 is 13.6 Å². The van der Waals surface area contributed by atoms with Crippen LogP contribution in [0.1, 0.15) is 24.0 Å². The number of carbonyl (C=O) groups excluding carboxylic acids is 1. The fourth-order valence-corrected chi connectivity index (χ4v) is 2.70. The van der Waals surface area contributed by atoms with Crippen LogP contribution in [0.5, 0.6) is 0 Å². The van der Waals surface area contributed by atoms with Crippen molar-refractivity contribution in [3.05, 3.63) is 64.4 Å². The number of carbonyl (C=O) groups is 1. The van der Waals surface area contributed by atoms with E-state index in [2.05, 4.69) is 10.3 Å².